The lowest BCUT2D eigenvalue weighted by atomic mass is 10.1. The molecule has 0 saturated carbocycles. The van der Waals surface area contributed by atoms with Gasteiger partial charge < -0.3 is 33.0 Å². The number of aromatic carboxylic acids is 1. The van der Waals surface area contributed by atoms with E-state index in [1.807, 2.05) is 66.7 Å². The van der Waals surface area contributed by atoms with Crippen molar-refractivity contribution in [2.45, 2.75) is 6.54 Å². The molecule has 0 aliphatic heterocycles. The van der Waals surface area contributed by atoms with Crippen LogP contribution in [0.15, 0.2) is 77.2 Å². The van der Waals surface area contributed by atoms with E-state index in [2.05, 4.69) is 0 Å². The first kappa shape index (κ1) is 25.4. The summed E-state index contributed by atoms with van der Waals surface area (Å²) >= 11 is 0. The van der Waals surface area contributed by atoms with Crippen LogP contribution in [0, 0.1) is 0 Å². The Balaban J connectivity index is 1.61. The third-order valence-corrected chi connectivity index (χ3v) is 6.24. The number of carbonyl (C=O) groups is 1. The Morgan fingerprint density at radius 1 is 0.842 bits per heavy atom. The number of furan rings is 1. The number of fused-ring (bicyclic) bond motifs is 2. The van der Waals surface area contributed by atoms with Crippen LogP contribution in [0.2, 0.25) is 0 Å². The van der Waals surface area contributed by atoms with Gasteiger partial charge in [-0.25, -0.2) is 4.79 Å². The summed E-state index contributed by atoms with van der Waals surface area (Å²) < 4.78 is 29.9. The maximum atomic E-state index is 12.7. The lowest BCUT2D eigenvalue weighted by Crippen LogP contribution is -2.11. The zero-order chi connectivity index (χ0) is 26.5. The molecule has 0 aliphatic rings. The first-order chi connectivity index (χ1) is 18.6. The maximum absolute atomic E-state index is 12.7. The summed E-state index contributed by atoms with van der Waals surface area (Å²) in [4.78, 5) is 12.7. The monoisotopic (exact) mass is 515 g/mol. The van der Waals surface area contributed by atoms with Crippen LogP contribution in [-0.4, -0.2) is 56.3 Å². The number of aromatic nitrogens is 1. The van der Waals surface area contributed by atoms with E-state index in [0.717, 1.165) is 21.9 Å². The lowest BCUT2D eigenvalue weighted by molar-refractivity contribution is 0.0687. The lowest BCUT2D eigenvalue weighted by Gasteiger charge is -2.14. The van der Waals surface area contributed by atoms with Gasteiger partial charge in [-0.1, -0.05) is 36.4 Å². The molecule has 0 bridgehead atoms. The van der Waals surface area contributed by atoms with Crippen molar-refractivity contribution in [1.82, 2.24) is 4.57 Å². The number of benzene rings is 3. The summed E-state index contributed by atoms with van der Waals surface area (Å²) in [7, 11) is 3.23. The van der Waals surface area contributed by atoms with Crippen molar-refractivity contribution in [3.63, 3.8) is 0 Å². The Morgan fingerprint density at radius 3 is 2.16 bits per heavy atom. The molecule has 2 aromatic heterocycles. The molecule has 8 heteroatoms. The summed E-state index contributed by atoms with van der Waals surface area (Å²) in [6.07, 6.45) is 0. The smallest absolute Gasteiger partial charge is 0.353 e. The van der Waals surface area contributed by atoms with E-state index in [0.29, 0.717) is 54.8 Å². The summed E-state index contributed by atoms with van der Waals surface area (Å²) in [6, 6.07) is 22.8. The molecule has 1 N–H and O–H groups in total. The number of hydrogen-bond donors (Lipinski definition) is 1. The highest BCUT2D eigenvalue weighted by atomic mass is 16.5. The van der Waals surface area contributed by atoms with E-state index in [4.69, 9.17) is 23.4 Å². The first-order valence-electron chi connectivity index (χ1n) is 12.3. The predicted octanol–water partition coefficient (Wildman–Crippen LogP) is 5.85. The van der Waals surface area contributed by atoms with Crippen molar-refractivity contribution in [2.24, 2.45) is 0 Å². The Morgan fingerprint density at radius 2 is 1.50 bits per heavy atom. The molecule has 0 amide bonds. The second kappa shape index (κ2) is 11.4. The largest absolute Gasteiger partial charge is 0.491 e. The van der Waals surface area contributed by atoms with Gasteiger partial charge in [0.05, 0.1) is 18.8 Å². The van der Waals surface area contributed by atoms with Crippen LogP contribution in [0.5, 0.6) is 11.5 Å². The fraction of sp³-hybridized carbons (Fsp3) is 0.233. The third-order valence-electron chi connectivity index (χ3n) is 6.24. The van der Waals surface area contributed by atoms with E-state index in [-0.39, 0.29) is 12.2 Å². The zero-order valence-corrected chi connectivity index (χ0v) is 21.3. The molecule has 0 saturated heterocycles. The number of carboxylic acids is 1. The first-order valence-corrected chi connectivity index (χ1v) is 12.3. The third kappa shape index (κ3) is 5.22. The van der Waals surface area contributed by atoms with E-state index in [9.17, 15) is 9.90 Å². The number of hydrogen-bond acceptors (Lipinski definition) is 6. The van der Waals surface area contributed by atoms with Gasteiger partial charge in [-0.3, -0.25) is 0 Å². The number of carboxylic acid groups (broad SMARTS) is 1. The molecule has 0 fully saturated rings. The molecule has 3 aromatic carbocycles. The van der Waals surface area contributed by atoms with Crippen LogP contribution < -0.4 is 9.47 Å². The van der Waals surface area contributed by atoms with Crippen molar-refractivity contribution in [2.75, 3.05) is 40.6 Å². The minimum Gasteiger partial charge on any atom is -0.491 e. The molecule has 196 valence electrons. The van der Waals surface area contributed by atoms with Crippen molar-refractivity contribution in [1.29, 1.82) is 0 Å². The normalized spacial score (nSPS) is 11.3. The van der Waals surface area contributed by atoms with Gasteiger partial charge in [0.1, 0.15) is 41.7 Å². The SMILES string of the molecule is COCCOc1cc(Cn2c(C(=O)O)c(-c3cc4ccccc4o3)c3ccccc32)cc(OCCOC)c1. The van der Waals surface area contributed by atoms with Crippen molar-refractivity contribution < 1.29 is 33.3 Å². The second-order valence-electron chi connectivity index (χ2n) is 8.78. The fourth-order valence-corrected chi connectivity index (χ4v) is 4.60. The molecule has 5 rings (SSSR count). The standard InChI is InChI=1S/C30H29NO7/c1-34-11-13-36-22-15-20(16-23(18-22)37-14-12-35-2)19-31-25-9-5-4-8-24(25)28(29(31)30(32)33)27-17-21-7-3-6-10-26(21)38-27/h3-10,15-18H,11-14,19H2,1-2H3,(H,32,33). The van der Waals surface area contributed by atoms with E-state index in [1.165, 1.54) is 0 Å². The quantitative estimate of drug-likeness (QED) is 0.208. The van der Waals surface area contributed by atoms with Gasteiger partial charge in [0.25, 0.3) is 0 Å². The van der Waals surface area contributed by atoms with Crippen LogP contribution >= 0.6 is 0 Å². The van der Waals surface area contributed by atoms with Gasteiger partial charge in [-0.05, 0) is 35.9 Å². The Bertz CT molecular complexity index is 1500. The average molecular weight is 516 g/mol. The Hall–Kier alpha value is -4.27. The van der Waals surface area contributed by atoms with Crippen LogP contribution in [0.4, 0.5) is 0 Å². The highest BCUT2D eigenvalue weighted by Gasteiger charge is 2.26. The molecule has 0 aliphatic carbocycles. The van der Waals surface area contributed by atoms with E-state index >= 15 is 0 Å². The molecule has 0 spiro atoms. The molecule has 0 radical (unpaired) electrons. The molecular formula is C30H29NO7. The summed E-state index contributed by atoms with van der Waals surface area (Å²) in [5.74, 6) is 0.690. The Kier molecular flexibility index (Phi) is 7.62. The average Bonchev–Trinajstić information content (AvgIpc) is 3.48. The fourth-order valence-electron chi connectivity index (χ4n) is 4.60. The van der Waals surface area contributed by atoms with Crippen LogP contribution in [0.1, 0.15) is 16.1 Å². The van der Waals surface area contributed by atoms with E-state index in [1.54, 1.807) is 24.9 Å². The van der Waals surface area contributed by atoms with Crippen molar-refractivity contribution >= 4 is 27.8 Å². The minimum absolute atomic E-state index is 0.151. The number of para-hydroxylation sites is 2. The van der Waals surface area contributed by atoms with Gasteiger partial charge in [0.15, 0.2) is 0 Å². The summed E-state index contributed by atoms with van der Waals surface area (Å²) in [5.41, 5.74) is 3.01. The minimum atomic E-state index is -1.04. The molecule has 38 heavy (non-hydrogen) atoms. The van der Waals surface area contributed by atoms with Gasteiger partial charge in [0, 0.05) is 43.1 Å². The van der Waals surface area contributed by atoms with Crippen LogP contribution in [0.3, 0.4) is 0 Å². The van der Waals surface area contributed by atoms with E-state index < -0.39 is 5.97 Å². The molecule has 8 nitrogen and oxygen atoms in total. The molecule has 0 unspecified atom stereocenters. The molecular weight excluding hydrogens is 486 g/mol. The maximum Gasteiger partial charge on any atom is 0.353 e. The molecule has 0 atom stereocenters. The molecule has 5 aromatic rings. The van der Waals surface area contributed by atoms with Crippen LogP contribution in [0.25, 0.3) is 33.2 Å². The zero-order valence-electron chi connectivity index (χ0n) is 21.3. The Labute approximate surface area is 219 Å². The van der Waals surface area contributed by atoms with Crippen molar-refractivity contribution in [3.05, 3.63) is 84.1 Å². The second-order valence-corrected chi connectivity index (χ2v) is 8.78. The van der Waals surface area contributed by atoms with Gasteiger partial charge >= 0.3 is 5.97 Å². The number of methoxy groups -OCH3 is 2. The highest BCUT2D eigenvalue weighted by molar-refractivity contribution is 6.08. The van der Waals surface area contributed by atoms with Crippen molar-refractivity contribution in [3.8, 4) is 22.8 Å². The van der Waals surface area contributed by atoms with Gasteiger partial charge in [-0.15, -0.1) is 0 Å². The van der Waals surface area contributed by atoms with Gasteiger partial charge in [-0.2, -0.15) is 0 Å². The molecule has 2 heterocycles. The predicted molar refractivity (Wildman–Crippen MR) is 144 cm³/mol. The topological polar surface area (TPSA) is 92.3 Å². The number of nitrogens with zero attached hydrogens (tertiary/aromatic N) is 1. The number of rotatable bonds is 12. The summed E-state index contributed by atoms with van der Waals surface area (Å²) in [6.45, 7) is 1.91. The van der Waals surface area contributed by atoms with Gasteiger partial charge in [0.2, 0.25) is 0 Å². The highest BCUT2D eigenvalue weighted by Crippen LogP contribution is 2.38. The summed E-state index contributed by atoms with van der Waals surface area (Å²) in [5, 5.41) is 12.1. The number of ether oxygens (including phenoxy) is 4. The van der Waals surface area contributed by atoms with Crippen LogP contribution in [-0.2, 0) is 16.0 Å².